The van der Waals surface area contributed by atoms with Gasteiger partial charge >= 0.3 is 0 Å². The molecule has 5 heteroatoms. The number of rotatable bonds is 5. The second kappa shape index (κ2) is 4.93. The lowest BCUT2D eigenvalue weighted by atomic mass is 9.98. The molecule has 0 saturated heterocycles. The molecular formula is C11H21N3O2. The Kier molecular flexibility index (Phi) is 4.04. The molecule has 0 aliphatic heterocycles. The van der Waals surface area contributed by atoms with Gasteiger partial charge in [0.25, 0.3) is 0 Å². The van der Waals surface area contributed by atoms with Gasteiger partial charge in [-0.15, -0.1) is 0 Å². The third-order valence-corrected chi connectivity index (χ3v) is 2.79. The highest BCUT2D eigenvalue weighted by atomic mass is 16.5. The molecule has 16 heavy (non-hydrogen) atoms. The molecular weight excluding hydrogens is 206 g/mol. The van der Waals surface area contributed by atoms with E-state index in [0.29, 0.717) is 24.2 Å². The van der Waals surface area contributed by atoms with Crippen molar-refractivity contribution in [1.82, 2.24) is 10.1 Å². The van der Waals surface area contributed by atoms with E-state index in [-0.39, 0.29) is 5.92 Å². The fourth-order valence-corrected chi connectivity index (χ4v) is 1.30. The molecule has 0 aliphatic rings. The minimum absolute atomic E-state index is 0.236. The Morgan fingerprint density at radius 2 is 2.06 bits per heavy atom. The number of ether oxygens (including phenoxy) is 1. The number of hydrogen-bond donors (Lipinski definition) is 1. The Labute approximate surface area is 96.4 Å². The highest BCUT2D eigenvalue weighted by Crippen LogP contribution is 2.24. The summed E-state index contributed by atoms with van der Waals surface area (Å²) in [4.78, 5) is 4.34. The number of aromatic nitrogens is 2. The summed E-state index contributed by atoms with van der Waals surface area (Å²) in [5, 5.41) is 3.92. The van der Waals surface area contributed by atoms with E-state index in [4.69, 9.17) is 15.0 Å². The average molecular weight is 227 g/mol. The molecule has 1 aromatic rings. The van der Waals surface area contributed by atoms with Crippen LogP contribution in [0.2, 0.25) is 0 Å². The minimum Gasteiger partial charge on any atom is -0.382 e. The normalized spacial score (nSPS) is 17.4. The number of nitrogens with two attached hydrogens (primary N) is 1. The van der Waals surface area contributed by atoms with E-state index in [0.717, 1.165) is 0 Å². The number of methoxy groups -OCH3 is 1. The van der Waals surface area contributed by atoms with E-state index in [1.165, 1.54) is 0 Å². The lowest BCUT2D eigenvalue weighted by Gasteiger charge is -2.18. The Hall–Kier alpha value is -0.940. The van der Waals surface area contributed by atoms with Crippen molar-refractivity contribution in [3.05, 3.63) is 11.7 Å². The zero-order chi connectivity index (χ0) is 12.3. The minimum atomic E-state index is -0.701. The lowest BCUT2D eigenvalue weighted by Crippen LogP contribution is -2.39. The van der Waals surface area contributed by atoms with E-state index in [9.17, 15) is 0 Å². The van der Waals surface area contributed by atoms with Crippen LogP contribution in [0.4, 0.5) is 0 Å². The molecule has 2 atom stereocenters. The molecule has 0 aliphatic carbocycles. The van der Waals surface area contributed by atoms with Gasteiger partial charge in [-0.2, -0.15) is 4.98 Å². The van der Waals surface area contributed by atoms with E-state index in [1.54, 1.807) is 7.11 Å². The predicted molar refractivity (Wildman–Crippen MR) is 61.0 cm³/mol. The smallest absolute Gasteiger partial charge is 0.229 e. The standard InChI is InChI=1S/C11H21N3O2/c1-7(2)8(3)9-13-10(14-16-9)11(4,12)6-15-5/h7-8H,6,12H2,1-5H3. The van der Waals surface area contributed by atoms with E-state index in [2.05, 4.69) is 30.9 Å². The molecule has 0 amide bonds. The fourth-order valence-electron chi connectivity index (χ4n) is 1.30. The topological polar surface area (TPSA) is 74.2 Å². The maximum atomic E-state index is 6.03. The summed E-state index contributed by atoms with van der Waals surface area (Å²) < 4.78 is 10.3. The molecule has 0 aromatic carbocycles. The van der Waals surface area contributed by atoms with Crippen LogP contribution in [0, 0.1) is 5.92 Å². The molecule has 1 aromatic heterocycles. The molecule has 2 N–H and O–H groups in total. The first-order valence-electron chi connectivity index (χ1n) is 5.50. The molecule has 0 bridgehead atoms. The summed E-state index contributed by atoms with van der Waals surface area (Å²) in [6, 6.07) is 0. The van der Waals surface area contributed by atoms with Crippen molar-refractivity contribution >= 4 is 0 Å². The van der Waals surface area contributed by atoms with Gasteiger partial charge in [-0.05, 0) is 12.8 Å². The molecule has 0 fully saturated rings. The monoisotopic (exact) mass is 227 g/mol. The summed E-state index contributed by atoms with van der Waals surface area (Å²) >= 11 is 0. The summed E-state index contributed by atoms with van der Waals surface area (Å²) in [5.41, 5.74) is 5.33. The van der Waals surface area contributed by atoms with Crippen LogP contribution in [0.1, 0.15) is 45.3 Å². The largest absolute Gasteiger partial charge is 0.382 e. The summed E-state index contributed by atoms with van der Waals surface area (Å²) in [6.07, 6.45) is 0. The first-order valence-corrected chi connectivity index (χ1v) is 5.50. The van der Waals surface area contributed by atoms with Gasteiger partial charge in [0, 0.05) is 13.0 Å². The Balaban J connectivity index is 2.86. The van der Waals surface area contributed by atoms with Gasteiger partial charge in [0.15, 0.2) is 5.82 Å². The van der Waals surface area contributed by atoms with Crippen LogP contribution in [-0.4, -0.2) is 23.9 Å². The van der Waals surface area contributed by atoms with Crippen molar-refractivity contribution in [2.24, 2.45) is 11.7 Å². The highest BCUT2D eigenvalue weighted by molar-refractivity contribution is 5.03. The maximum Gasteiger partial charge on any atom is 0.229 e. The zero-order valence-corrected chi connectivity index (χ0v) is 10.7. The molecule has 92 valence electrons. The average Bonchev–Trinajstić information content (AvgIpc) is 2.65. The van der Waals surface area contributed by atoms with Crippen LogP contribution in [0.25, 0.3) is 0 Å². The van der Waals surface area contributed by atoms with Crippen molar-refractivity contribution in [1.29, 1.82) is 0 Å². The van der Waals surface area contributed by atoms with Gasteiger partial charge in [0.2, 0.25) is 5.89 Å². The third kappa shape index (κ3) is 2.80. The Morgan fingerprint density at radius 1 is 1.44 bits per heavy atom. The second-order valence-electron chi connectivity index (χ2n) is 4.84. The summed E-state index contributed by atoms with van der Waals surface area (Å²) in [5.74, 6) is 1.83. The van der Waals surface area contributed by atoms with Crippen LogP contribution in [0.3, 0.4) is 0 Å². The molecule has 5 nitrogen and oxygen atoms in total. The Bertz CT molecular complexity index is 334. The van der Waals surface area contributed by atoms with E-state index < -0.39 is 5.54 Å². The summed E-state index contributed by atoms with van der Waals surface area (Å²) in [7, 11) is 1.60. The van der Waals surface area contributed by atoms with Crippen molar-refractivity contribution in [3.8, 4) is 0 Å². The zero-order valence-electron chi connectivity index (χ0n) is 10.7. The molecule has 0 spiro atoms. The van der Waals surface area contributed by atoms with Gasteiger partial charge in [0.1, 0.15) is 5.54 Å². The maximum absolute atomic E-state index is 6.03. The second-order valence-corrected chi connectivity index (χ2v) is 4.84. The van der Waals surface area contributed by atoms with Crippen molar-refractivity contribution in [3.63, 3.8) is 0 Å². The van der Waals surface area contributed by atoms with E-state index in [1.807, 2.05) is 6.92 Å². The van der Waals surface area contributed by atoms with Gasteiger partial charge in [-0.3, -0.25) is 0 Å². The van der Waals surface area contributed by atoms with Crippen LogP contribution < -0.4 is 5.73 Å². The molecule has 1 rings (SSSR count). The quantitative estimate of drug-likeness (QED) is 0.827. The van der Waals surface area contributed by atoms with Gasteiger partial charge in [-0.1, -0.05) is 25.9 Å². The first kappa shape index (κ1) is 13.1. The molecule has 0 radical (unpaired) electrons. The SMILES string of the molecule is COCC(C)(N)c1noc(C(C)C(C)C)n1. The molecule has 2 unspecified atom stereocenters. The number of nitrogens with zero attached hydrogens (tertiary/aromatic N) is 2. The Morgan fingerprint density at radius 3 is 2.56 bits per heavy atom. The van der Waals surface area contributed by atoms with Crippen LogP contribution in [0.15, 0.2) is 4.52 Å². The molecule has 0 saturated carbocycles. The van der Waals surface area contributed by atoms with Crippen molar-refractivity contribution in [2.75, 3.05) is 13.7 Å². The predicted octanol–water partition coefficient (Wildman–Crippen LogP) is 1.65. The first-order chi connectivity index (χ1) is 7.38. The van der Waals surface area contributed by atoms with Gasteiger partial charge < -0.3 is 15.0 Å². The number of hydrogen-bond acceptors (Lipinski definition) is 5. The van der Waals surface area contributed by atoms with Gasteiger partial charge in [-0.25, -0.2) is 0 Å². The van der Waals surface area contributed by atoms with E-state index >= 15 is 0 Å². The van der Waals surface area contributed by atoms with Crippen molar-refractivity contribution < 1.29 is 9.26 Å². The summed E-state index contributed by atoms with van der Waals surface area (Å²) in [6.45, 7) is 8.48. The fraction of sp³-hybridized carbons (Fsp3) is 0.818. The highest BCUT2D eigenvalue weighted by Gasteiger charge is 2.29. The molecule has 1 heterocycles. The van der Waals surface area contributed by atoms with Crippen LogP contribution in [-0.2, 0) is 10.3 Å². The van der Waals surface area contributed by atoms with Crippen LogP contribution in [0.5, 0.6) is 0 Å². The lowest BCUT2D eigenvalue weighted by molar-refractivity contribution is 0.135. The van der Waals surface area contributed by atoms with Gasteiger partial charge in [0.05, 0.1) is 6.61 Å². The van der Waals surface area contributed by atoms with Crippen molar-refractivity contribution in [2.45, 2.75) is 39.2 Å². The van der Waals surface area contributed by atoms with Crippen LogP contribution >= 0.6 is 0 Å². The third-order valence-electron chi connectivity index (χ3n) is 2.79.